The fourth-order valence-electron chi connectivity index (χ4n) is 1.43. The molecule has 1 aliphatic heterocycles. The van der Waals surface area contributed by atoms with Crippen LogP contribution >= 0.6 is 11.6 Å². The Morgan fingerprint density at radius 2 is 2.25 bits per heavy atom. The molecule has 0 aromatic heterocycles. The molecule has 3 heteroatoms. The normalized spacial score (nSPS) is 15.2. The third kappa shape index (κ3) is 1.08. The van der Waals surface area contributed by atoms with Gasteiger partial charge in [0.2, 0.25) is 0 Å². The van der Waals surface area contributed by atoms with Gasteiger partial charge in [-0.25, -0.2) is 0 Å². The average Bonchev–Trinajstić information content (AvgIpc) is 2.04. The molecule has 0 saturated heterocycles. The van der Waals surface area contributed by atoms with Crippen LogP contribution in [0.25, 0.3) is 0 Å². The van der Waals surface area contributed by atoms with E-state index in [4.69, 9.17) is 11.6 Å². The third-order valence-electron chi connectivity index (χ3n) is 2.01. The molecule has 1 aliphatic rings. The first-order valence-corrected chi connectivity index (χ1v) is 4.22. The lowest BCUT2D eigenvalue weighted by molar-refractivity contribution is 0.0946. The van der Waals surface area contributed by atoms with Crippen LogP contribution in [0, 0.1) is 0 Å². The number of hydrogen-bond donors (Lipinski definition) is 1. The van der Waals surface area contributed by atoms with Gasteiger partial charge in [-0.1, -0.05) is 23.7 Å². The van der Waals surface area contributed by atoms with Gasteiger partial charge >= 0.3 is 0 Å². The first kappa shape index (κ1) is 7.62. The van der Waals surface area contributed by atoms with Gasteiger partial charge in [-0.3, -0.25) is 4.79 Å². The second-order valence-corrected chi connectivity index (χ2v) is 3.19. The van der Waals surface area contributed by atoms with Crippen molar-refractivity contribution in [2.45, 2.75) is 6.42 Å². The number of halogens is 1. The van der Waals surface area contributed by atoms with E-state index in [9.17, 15) is 4.79 Å². The van der Waals surface area contributed by atoms with Crippen LogP contribution in [0.3, 0.4) is 0 Å². The molecule has 2 rings (SSSR count). The lowest BCUT2D eigenvalue weighted by atomic mass is 10.0. The molecule has 62 valence electrons. The Balaban J connectivity index is 2.60. The maximum absolute atomic E-state index is 11.3. The Kier molecular flexibility index (Phi) is 1.77. The molecule has 2 nitrogen and oxygen atoms in total. The van der Waals surface area contributed by atoms with Gasteiger partial charge < -0.3 is 5.32 Å². The van der Waals surface area contributed by atoms with E-state index < -0.39 is 0 Å². The average molecular weight is 182 g/mol. The predicted octanol–water partition coefficient (Wildman–Crippen LogP) is 1.63. The smallest absolute Gasteiger partial charge is 0.253 e. The van der Waals surface area contributed by atoms with Crippen molar-refractivity contribution in [3.8, 4) is 0 Å². The minimum atomic E-state index is -0.0538. The largest absolute Gasteiger partial charge is 0.352 e. The van der Waals surface area contributed by atoms with Gasteiger partial charge in [-0.05, 0) is 18.1 Å². The molecule has 1 heterocycles. The lowest BCUT2D eigenvalue weighted by Crippen LogP contribution is -2.31. The molecular weight excluding hydrogens is 174 g/mol. The molecule has 0 unspecified atom stereocenters. The maximum Gasteiger partial charge on any atom is 0.253 e. The topological polar surface area (TPSA) is 29.1 Å². The fourth-order valence-corrected chi connectivity index (χ4v) is 1.71. The highest BCUT2D eigenvalue weighted by Gasteiger charge is 2.18. The van der Waals surface area contributed by atoms with E-state index in [0.717, 1.165) is 12.0 Å². The number of rotatable bonds is 0. The summed E-state index contributed by atoms with van der Waals surface area (Å²) in [4.78, 5) is 11.3. The number of fused-ring (bicyclic) bond motifs is 1. The van der Waals surface area contributed by atoms with Crippen LogP contribution in [0.5, 0.6) is 0 Å². The quantitative estimate of drug-likeness (QED) is 0.648. The molecule has 1 aromatic carbocycles. The molecule has 1 N–H and O–H groups in total. The number of carbonyl (C=O) groups is 1. The van der Waals surface area contributed by atoms with E-state index in [2.05, 4.69) is 5.32 Å². The highest BCUT2D eigenvalue weighted by Crippen LogP contribution is 2.22. The van der Waals surface area contributed by atoms with E-state index in [0.29, 0.717) is 17.1 Å². The van der Waals surface area contributed by atoms with Crippen LogP contribution in [-0.4, -0.2) is 12.5 Å². The van der Waals surface area contributed by atoms with E-state index >= 15 is 0 Å². The first-order chi connectivity index (χ1) is 5.79. The summed E-state index contributed by atoms with van der Waals surface area (Å²) in [5.74, 6) is -0.0538. The minimum absolute atomic E-state index is 0.0538. The van der Waals surface area contributed by atoms with Crippen molar-refractivity contribution in [3.63, 3.8) is 0 Å². The van der Waals surface area contributed by atoms with Crippen molar-refractivity contribution in [3.05, 3.63) is 34.3 Å². The summed E-state index contributed by atoms with van der Waals surface area (Å²) in [6.07, 6.45) is 0.877. The van der Waals surface area contributed by atoms with Gasteiger partial charge in [-0.2, -0.15) is 0 Å². The van der Waals surface area contributed by atoms with Crippen LogP contribution in [0.15, 0.2) is 18.2 Å². The molecule has 0 fully saturated rings. The van der Waals surface area contributed by atoms with E-state index in [-0.39, 0.29) is 5.91 Å². The molecule has 1 aromatic rings. The van der Waals surface area contributed by atoms with Crippen molar-refractivity contribution in [2.24, 2.45) is 0 Å². The van der Waals surface area contributed by atoms with Crippen LogP contribution < -0.4 is 5.32 Å². The number of hydrogen-bond acceptors (Lipinski definition) is 1. The summed E-state index contributed by atoms with van der Waals surface area (Å²) in [5.41, 5.74) is 1.69. The fraction of sp³-hybridized carbons (Fsp3) is 0.222. The Morgan fingerprint density at radius 1 is 1.42 bits per heavy atom. The SMILES string of the molecule is O=C1NCCc2cccc(Cl)c21. The Bertz CT molecular complexity index is 335. The number of nitrogens with one attached hydrogen (secondary N) is 1. The van der Waals surface area contributed by atoms with Crippen molar-refractivity contribution >= 4 is 17.5 Å². The Morgan fingerprint density at radius 3 is 3.00 bits per heavy atom. The van der Waals surface area contributed by atoms with Crippen LogP contribution in [-0.2, 0) is 6.42 Å². The molecular formula is C9H8ClNO. The molecule has 0 bridgehead atoms. The van der Waals surface area contributed by atoms with Crippen molar-refractivity contribution in [2.75, 3.05) is 6.54 Å². The predicted molar refractivity (Wildman–Crippen MR) is 47.5 cm³/mol. The highest BCUT2D eigenvalue weighted by molar-refractivity contribution is 6.34. The van der Waals surface area contributed by atoms with E-state index in [1.807, 2.05) is 12.1 Å². The number of amides is 1. The van der Waals surface area contributed by atoms with Crippen molar-refractivity contribution in [1.82, 2.24) is 5.32 Å². The summed E-state index contributed by atoms with van der Waals surface area (Å²) < 4.78 is 0. The maximum atomic E-state index is 11.3. The molecule has 0 saturated carbocycles. The molecule has 12 heavy (non-hydrogen) atoms. The zero-order chi connectivity index (χ0) is 8.55. The second-order valence-electron chi connectivity index (χ2n) is 2.78. The zero-order valence-electron chi connectivity index (χ0n) is 6.43. The standard InChI is InChI=1S/C9H8ClNO/c10-7-3-1-2-6-4-5-11-9(12)8(6)7/h1-3H,4-5H2,(H,11,12). The van der Waals surface area contributed by atoms with Crippen molar-refractivity contribution in [1.29, 1.82) is 0 Å². The highest BCUT2D eigenvalue weighted by atomic mass is 35.5. The van der Waals surface area contributed by atoms with Gasteiger partial charge in [-0.15, -0.1) is 0 Å². The summed E-state index contributed by atoms with van der Waals surface area (Å²) in [7, 11) is 0. The van der Waals surface area contributed by atoms with E-state index in [1.165, 1.54) is 0 Å². The molecule has 1 amide bonds. The van der Waals surface area contributed by atoms with Gasteiger partial charge in [0.1, 0.15) is 0 Å². The number of benzene rings is 1. The first-order valence-electron chi connectivity index (χ1n) is 3.84. The van der Waals surface area contributed by atoms with Gasteiger partial charge in [0, 0.05) is 6.54 Å². The Labute approximate surface area is 75.5 Å². The molecule has 0 atom stereocenters. The summed E-state index contributed by atoms with van der Waals surface area (Å²) in [5, 5.41) is 3.30. The minimum Gasteiger partial charge on any atom is -0.352 e. The van der Waals surface area contributed by atoms with Gasteiger partial charge in [0.15, 0.2) is 0 Å². The Hall–Kier alpha value is -1.02. The summed E-state index contributed by atoms with van der Waals surface area (Å²) in [6.45, 7) is 0.714. The van der Waals surface area contributed by atoms with Crippen LogP contribution in [0.1, 0.15) is 15.9 Å². The summed E-state index contributed by atoms with van der Waals surface area (Å²) >= 11 is 5.88. The third-order valence-corrected chi connectivity index (χ3v) is 2.32. The van der Waals surface area contributed by atoms with Crippen LogP contribution in [0.2, 0.25) is 5.02 Å². The number of carbonyl (C=O) groups excluding carboxylic acids is 1. The van der Waals surface area contributed by atoms with E-state index in [1.54, 1.807) is 6.07 Å². The van der Waals surface area contributed by atoms with Crippen molar-refractivity contribution < 1.29 is 4.79 Å². The lowest BCUT2D eigenvalue weighted by Gasteiger charge is -2.16. The zero-order valence-corrected chi connectivity index (χ0v) is 7.19. The van der Waals surface area contributed by atoms with Gasteiger partial charge in [0.05, 0.1) is 10.6 Å². The molecule has 0 spiro atoms. The summed E-state index contributed by atoms with van der Waals surface area (Å²) in [6, 6.07) is 5.56. The van der Waals surface area contributed by atoms with Crippen LogP contribution in [0.4, 0.5) is 0 Å². The second kappa shape index (κ2) is 2.79. The molecule has 0 aliphatic carbocycles. The van der Waals surface area contributed by atoms with Gasteiger partial charge in [0.25, 0.3) is 5.91 Å². The monoisotopic (exact) mass is 181 g/mol. The molecule has 0 radical (unpaired) electrons.